The van der Waals surface area contributed by atoms with Crippen LogP contribution in [0.3, 0.4) is 0 Å². The molecule has 0 saturated heterocycles. The van der Waals surface area contributed by atoms with E-state index >= 15 is 0 Å². The number of pyridine rings is 1. The number of ether oxygens (including phenoxy) is 2. The number of hydrogen-bond acceptors (Lipinski definition) is 5. The van der Waals surface area contributed by atoms with Gasteiger partial charge in [0.2, 0.25) is 0 Å². The third kappa shape index (κ3) is 3.25. The first-order chi connectivity index (χ1) is 14.9. The van der Waals surface area contributed by atoms with Crippen molar-refractivity contribution in [1.29, 1.82) is 0 Å². The molecule has 0 aliphatic carbocycles. The van der Waals surface area contributed by atoms with Gasteiger partial charge in [-0.05, 0) is 43.3 Å². The summed E-state index contributed by atoms with van der Waals surface area (Å²) in [6.07, 6.45) is 0. The van der Waals surface area contributed by atoms with Crippen molar-refractivity contribution in [3.05, 3.63) is 64.7 Å². The SMILES string of the molecule is Cc1nn(-c2ccc(F)cc2)c(Cl)c1-c1cc(C(=O)O)c2cc3c(cc2n1)OCCO3. The number of nitrogens with zero attached hydrogens (tertiary/aromatic N) is 3. The van der Waals surface area contributed by atoms with Crippen LogP contribution in [0, 0.1) is 12.7 Å². The molecule has 5 rings (SSSR count). The van der Waals surface area contributed by atoms with Gasteiger partial charge in [0.25, 0.3) is 0 Å². The van der Waals surface area contributed by atoms with E-state index in [2.05, 4.69) is 10.1 Å². The summed E-state index contributed by atoms with van der Waals surface area (Å²) in [6.45, 7) is 2.54. The average molecular weight is 440 g/mol. The Morgan fingerprint density at radius 3 is 2.48 bits per heavy atom. The van der Waals surface area contributed by atoms with Crippen molar-refractivity contribution >= 4 is 28.5 Å². The number of carboxylic acid groups (broad SMARTS) is 1. The number of carboxylic acids is 1. The second-order valence-electron chi connectivity index (χ2n) is 7.01. The third-order valence-electron chi connectivity index (χ3n) is 5.03. The van der Waals surface area contributed by atoms with Gasteiger partial charge >= 0.3 is 5.97 Å². The van der Waals surface area contributed by atoms with Crippen molar-refractivity contribution in [2.75, 3.05) is 13.2 Å². The van der Waals surface area contributed by atoms with Gasteiger partial charge in [0.1, 0.15) is 24.2 Å². The fourth-order valence-electron chi connectivity index (χ4n) is 3.61. The summed E-state index contributed by atoms with van der Waals surface area (Å²) in [4.78, 5) is 16.6. The lowest BCUT2D eigenvalue weighted by Gasteiger charge is -2.19. The van der Waals surface area contributed by atoms with Crippen LogP contribution < -0.4 is 9.47 Å². The number of rotatable bonds is 3. The molecule has 0 saturated carbocycles. The largest absolute Gasteiger partial charge is 0.486 e. The Balaban J connectivity index is 1.72. The fraction of sp³-hybridized carbons (Fsp3) is 0.136. The van der Waals surface area contributed by atoms with E-state index in [-0.39, 0.29) is 16.5 Å². The molecule has 0 unspecified atom stereocenters. The topological polar surface area (TPSA) is 86.5 Å². The first kappa shape index (κ1) is 19.3. The van der Waals surface area contributed by atoms with Crippen LogP contribution in [0.1, 0.15) is 16.1 Å². The molecule has 156 valence electrons. The van der Waals surface area contributed by atoms with E-state index in [1.54, 1.807) is 31.2 Å². The highest BCUT2D eigenvalue weighted by atomic mass is 35.5. The van der Waals surface area contributed by atoms with E-state index < -0.39 is 5.97 Å². The van der Waals surface area contributed by atoms with E-state index in [4.69, 9.17) is 21.1 Å². The highest BCUT2D eigenvalue weighted by molar-refractivity contribution is 6.32. The van der Waals surface area contributed by atoms with Gasteiger partial charge in [-0.1, -0.05) is 11.6 Å². The van der Waals surface area contributed by atoms with Crippen LogP contribution >= 0.6 is 11.6 Å². The van der Waals surface area contributed by atoms with Crippen LogP contribution in [-0.2, 0) is 0 Å². The Bertz CT molecular complexity index is 1350. The fourth-order valence-corrected chi connectivity index (χ4v) is 3.98. The van der Waals surface area contributed by atoms with Crippen LogP contribution in [0.2, 0.25) is 5.15 Å². The number of aromatic nitrogens is 3. The van der Waals surface area contributed by atoms with E-state index in [0.717, 1.165) is 0 Å². The molecule has 1 N–H and O–H groups in total. The first-order valence-electron chi connectivity index (χ1n) is 9.41. The zero-order valence-electron chi connectivity index (χ0n) is 16.2. The lowest BCUT2D eigenvalue weighted by molar-refractivity contribution is 0.0699. The molecular weight excluding hydrogens is 425 g/mol. The van der Waals surface area contributed by atoms with Gasteiger partial charge in [0.05, 0.1) is 33.7 Å². The number of aryl methyl sites for hydroxylation is 1. The van der Waals surface area contributed by atoms with E-state index in [9.17, 15) is 14.3 Å². The Morgan fingerprint density at radius 1 is 1.13 bits per heavy atom. The van der Waals surface area contributed by atoms with Crippen LogP contribution in [0.25, 0.3) is 27.8 Å². The summed E-state index contributed by atoms with van der Waals surface area (Å²) in [5.41, 5.74) is 2.46. The molecule has 0 atom stereocenters. The number of aromatic carboxylic acids is 1. The molecule has 4 aromatic rings. The maximum Gasteiger partial charge on any atom is 0.336 e. The highest BCUT2D eigenvalue weighted by Gasteiger charge is 2.23. The van der Waals surface area contributed by atoms with Crippen molar-refractivity contribution in [2.45, 2.75) is 6.92 Å². The van der Waals surface area contributed by atoms with Crippen molar-refractivity contribution in [2.24, 2.45) is 0 Å². The lowest BCUT2D eigenvalue weighted by atomic mass is 10.0. The normalized spacial score (nSPS) is 12.9. The monoisotopic (exact) mass is 439 g/mol. The Hall–Kier alpha value is -3.65. The molecule has 7 nitrogen and oxygen atoms in total. The number of hydrogen-bond donors (Lipinski definition) is 1. The maximum atomic E-state index is 13.3. The summed E-state index contributed by atoms with van der Waals surface area (Å²) < 4.78 is 25.9. The van der Waals surface area contributed by atoms with E-state index in [1.165, 1.54) is 22.9 Å². The van der Waals surface area contributed by atoms with Gasteiger partial charge in [-0.15, -0.1) is 0 Å². The summed E-state index contributed by atoms with van der Waals surface area (Å²) >= 11 is 6.61. The number of halogens is 2. The van der Waals surface area contributed by atoms with Crippen molar-refractivity contribution in [3.8, 4) is 28.4 Å². The molecule has 1 aliphatic rings. The Morgan fingerprint density at radius 2 is 1.81 bits per heavy atom. The predicted molar refractivity (Wildman–Crippen MR) is 112 cm³/mol. The molecule has 0 amide bonds. The van der Waals surface area contributed by atoms with Gasteiger partial charge in [-0.2, -0.15) is 5.10 Å². The summed E-state index contributed by atoms with van der Waals surface area (Å²) in [5, 5.41) is 14.9. The van der Waals surface area contributed by atoms with Crippen molar-refractivity contribution in [1.82, 2.24) is 14.8 Å². The third-order valence-corrected chi connectivity index (χ3v) is 5.38. The second-order valence-corrected chi connectivity index (χ2v) is 7.37. The molecule has 1 aliphatic heterocycles. The minimum absolute atomic E-state index is 0.0574. The standard InChI is InChI=1S/C22H15ClFN3O4/c1-11-20(21(23)27(26-11)13-4-2-12(24)3-5-13)17-8-15(22(28)29)14-9-18-19(10-16(14)25-17)31-7-6-30-18/h2-5,8-10H,6-7H2,1H3,(H,28,29). The zero-order valence-corrected chi connectivity index (χ0v) is 17.0. The number of fused-ring (bicyclic) bond motifs is 2. The maximum absolute atomic E-state index is 13.3. The molecule has 0 bridgehead atoms. The molecular formula is C22H15ClFN3O4. The molecule has 2 aromatic heterocycles. The second kappa shape index (κ2) is 7.24. The molecule has 0 spiro atoms. The van der Waals surface area contributed by atoms with Gasteiger partial charge in [0, 0.05) is 11.5 Å². The lowest BCUT2D eigenvalue weighted by Crippen LogP contribution is -2.15. The highest BCUT2D eigenvalue weighted by Crippen LogP contribution is 2.38. The molecule has 2 aromatic carbocycles. The average Bonchev–Trinajstić information content (AvgIpc) is 3.05. The predicted octanol–water partition coefficient (Wildman–Crippen LogP) is 4.66. The summed E-state index contributed by atoms with van der Waals surface area (Å²) in [7, 11) is 0. The molecule has 3 heterocycles. The molecule has 0 radical (unpaired) electrons. The minimum atomic E-state index is -1.11. The van der Waals surface area contributed by atoms with Gasteiger partial charge in [-0.25, -0.2) is 18.9 Å². The van der Waals surface area contributed by atoms with E-state index in [1.807, 2.05) is 0 Å². The number of benzene rings is 2. The molecule has 9 heteroatoms. The van der Waals surface area contributed by atoms with Crippen LogP contribution in [-0.4, -0.2) is 39.1 Å². The summed E-state index contributed by atoms with van der Waals surface area (Å²) in [6, 6.07) is 10.5. The van der Waals surface area contributed by atoms with Gasteiger partial charge in [-0.3, -0.25) is 0 Å². The van der Waals surface area contributed by atoms with Crippen LogP contribution in [0.4, 0.5) is 4.39 Å². The van der Waals surface area contributed by atoms with Gasteiger partial charge in [0.15, 0.2) is 11.5 Å². The first-order valence-corrected chi connectivity index (χ1v) is 9.79. The number of carbonyl (C=O) groups is 1. The smallest absolute Gasteiger partial charge is 0.336 e. The van der Waals surface area contributed by atoms with Crippen molar-refractivity contribution in [3.63, 3.8) is 0 Å². The van der Waals surface area contributed by atoms with Crippen molar-refractivity contribution < 1.29 is 23.8 Å². The summed E-state index contributed by atoms with van der Waals surface area (Å²) in [5.74, 6) is -0.496. The zero-order chi connectivity index (χ0) is 21.7. The Kier molecular flexibility index (Phi) is 4.51. The molecule has 0 fully saturated rings. The van der Waals surface area contributed by atoms with Gasteiger partial charge < -0.3 is 14.6 Å². The Labute approximate surface area is 180 Å². The van der Waals surface area contributed by atoms with E-state index in [0.29, 0.717) is 58.3 Å². The minimum Gasteiger partial charge on any atom is -0.486 e. The molecule has 31 heavy (non-hydrogen) atoms. The quantitative estimate of drug-likeness (QED) is 0.499. The van der Waals surface area contributed by atoms with Crippen LogP contribution in [0.5, 0.6) is 11.5 Å². The van der Waals surface area contributed by atoms with Crippen LogP contribution in [0.15, 0.2) is 42.5 Å².